The summed E-state index contributed by atoms with van der Waals surface area (Å²) >= 11 is 1.16. The van der Waals surface area contributed by atoms with Gasteiger partial charge in [-0.05, 0) is 48.5 Å². The zero-order valence-electron chi connectivity index (χ0n) is 17.0. The van der Waals surface area contributed by atoms with Crippen LogP contribution in [0.5, 0.6) is 5.75 Å². The molecule has 9 nitrogen and oxygen atoms in total. The summed E-state index contributed by atoms with van der Waals surface area (Å²) in [5.41, 5.74) is 1.45. The van der Waals surface area contributed by atoms with E-state index >= 15 is 0 Å². The molecule has 0 fully saturated rings. The van der Waals surface area contributed by atoms with Gasteiger partial charge in [0.1, 0.15) is 29.0 Å². The first-order chi connectivity index (χ1) is 15.7. The standard InChI is InChI=1S/C22H18N4O5S/c1-28-15-8-6-14(7-9-15)21-23-24-22(31-21)32-13-20(27)26-17(19-5-3-11-30-19)12-16(25-26)18-4-2-10-29-18/h2-11,17H,12-13H2,1H3. The van der Waals surface area contributed by atoms with Crippen LogP contribution in [-0.4, -0.2) is 39.7 Å². The molecule has 0 N–H and O–H groups in total. The molecule has 1 atom stereocenters. The molecule has 1 unspecified atom stereocenters. The zero-order chi connectivity index (χ0) is 21.9. The van der Waals surface area contributed by atoms with E-state index in [1.165, 1.54) is 5.01 Å². The molecular formula is C22H18N4O5S. The Bertz CT molecular complexity index is 1220. The Balaban J connectivity index is 1.28. The summed E-state index contributed by atoms with van der Waals surface area (Å²) in [5, 5.41) is 14.3. The molecule has 1 aromatic carbocycles. The minimum atomic E-state index is -0.337. The van der Waals surface area contributed by atoms with Crippen LogP contribution in [0.3, 0.4) is 0 Å². The van der Waals surface area contributed by atoms with E-state index in [-0.39, 0.29) is 17.7 Å². The maximum atomic E-state index is 13.0. The Labute approximate surface area is 187 Å². The molecule has 1 aliphatic heterocycles. The van der Waals surface area contributed by atoms with Gasteiger partial charge in [0.25, 0.3) is 11.1 Å². The van der Waals surface area contributed by atoms with Crippen molar-refractivity contribution in [3.63, 3.8) is 0 Å². The summed E-state index contributed by atoms with van der Waals surface area (Å²) < 4.78 is 21.8. The largest absolute Gasteiger partial charge is 0.497 e. The molecule has 4 aromatic rings. The SMILES string of the molecule is COc1ccc(-c2nnc(SCC(=O)N3N=C(c4ccco4)CC3c3ccco3)o2)cc1. The smallest absolute Gasteiger partial charge is 0.277 e. The number of benzene rings is 1. The normalized spacial score (nSPS) is 15.7. The lowest BCUT2D eigenvalue weighted by molar-refractivity contribution is -0.130. The van der Waals surface area contributed by atoms with E-state index in [0.717, 1.165) is 23.1 Å². The highest BCUT2D eigenvalue weighted by molar-refractivity contribution is 7.99. The number of amides is 1. The molecular weight excluding hydrogens is 432 g/mol. The van der Waals surface area contributed by atoms with Crippen molar-refractivity contribution in [2.45, 2.75) is 17.7 Å². The maximum Gasteiger partial charge on any atom is 0.277 e. The van der Waals surface area contributed by atoms with Crippen molar-refractivity contribution in [1.82, 2.24) is 15.2 Å². The van der Waals surface area contributed by atoms with Crippen LogP contribution in [0.1, 0.15) is 24.0 Å². The van der Waals surface area contributed by atoms with Gasteiger partial charge in [0.05, 0.1) is 25.4 Å². The number of furan rings is 2. The van der Waals surface area contributed by atoms with Gasteiger partial charge in [-0.25, -0.2) is 5.01 Å². The molecule has 4 heterocycles. The summed E-state index contributed by atoms with van der Waals surface area (Å²) in [7, 11) is 1.60. The Morgan fingerprint density at radius 1 is 1.12 bits per heavy atom. The van der Waals surface area contributed by atoms with E-state index in [9.17, 15) is 4.79 Å². The van der Waals surface area contributed by atoms with Gasteiger partial charge in [-0.15, -0.1) is 10.2 Å². The van der Waals surface area contributed by atoms with Crippen LogP contribution in [-0.2, 0) is 4.79 Å². The third-order valence-electron chi connectivity index (χ3n) is 4.91. The number of nitrogens with zero attached hydrogens (tertiary/aromatic N) is 4. The van der Waals surface area contributed by atoms with Gasteiger partial charge in [-0.1, -0.05) is 11.8 Å². The van der Waals surface area contributed by atoms with Crippen molar-refractivity contribution >= 4 is 23.4 Å². The van der Waals surface area contributed by atoms with E-state index in [4.69, 9.17) is 18.0 Å². The number of rotatable bonds is 7. The van der Waals surface area contributed by atoms with Gasteiger partial charge in [-0.3, -0.25) is 4.79 Å². The molecule has 162 valence electrons. The van der Waals surface area contributed by atoms with Crippen molar-refractivity contribution in [2.75, 3.05) is 12.9 Å². The number of carbonyl (C=O) groups is 1. The van der Waals surface area contributed by atoms with Crippen molar-refractivity contribution in [3.8, 4) is 17.2 Å². The van der Waals surface area contributed by atoms with Crippen LogP contribution in [0.15, 0.2) is 84.6 Å². The van der Waals surface area contributed by atoms with E-state index in [2.05, 4.69) is 15.3 Å². The molecule has 0 aliphatic carbocycles. The van der Waals surface area contributed by atoms with E-state index in [0.29, 0.717) is 34.8 Å². The average Bonchev–Trinajstić information content (AvgIpc) is 3.63. The highest BCUT2D eigenvalue weighted by atomic mass is 32.2. The van der Waals surface area contributed by atoms with Crippen molar-refractivity contribution < 1.29 is 22.8 Å². The average molecular weight is 450 g/mol. The summed E-state index contributed by atoms with van der Waals surface area (Å²) in [4.78, 5) is 13.0. The lowest BCUT2D eigenvalue weighted by atomic mass is 10.1. The van der Waals surface area contributed by atoms with E-state index in [1.807, 2.05) is 36.4 Å². The van der Waals surface area contributed by atoms with Crippen LogP contribution in [0.2, 0.25) is 0 Å². The first kappa shape index (κ1) is 20.1. The first-order valence-corrected chi connectivity index (χ1v) is 10.8. The van der Waals surface area contributed by atoms with Crippen LogP contribution in [0.25, 0.3) is 11.5 Å². The number of methoxy groups -OCH3 is 1. The number of hydrogen-bond donors (Lipinski definition) is 0. The highest BCUT2D eigenvalue weighted by Crippen LogP contribution is 2.34. The second-order valence-corrected chi connectivity index (χ2v) is 7.81. The molecule has 0 saturated heterocycles. The van der Waals surface area contributed by atoms with Crippen molar-refractivity contribution in [1.29, 1.82) is 0 Å². The van der Waals surface area contributed by atoms with Crippen LogP contribution >= 0.6 is 11.8 Å². The molecule has 1 aliphatic rings. The van der Waals surface area contributed by atoms with E-state index < -0.39 is 0 Å². The highest BCUT2D eigenvalue weighted by Gasteiger charge is 2.35. The number of ether oxygens (including phenoxy) is 1. The van der Waals surface area contributed by atoms with Crippen molar-refractivity contribution in [2.24, 2.45) is 5.10 Å². The topological polar surface area (TPSA) is 107 Å². The zero-order valence-corrected chi connectivity index (χ0v) is 17.8. The molecule has 10 heteroatoms. The maximum absolute atomic E-state index is 13.0. The predicted molar refractivity (Wildman–Crippen MR) is 115 cm³/mol. The van der Waals surface area contributed by atoms with Crippen molar-refractivity contribution in [3.05, 3.63) is 72.6 Å². The molecule has 0 saturated carbocycles. The minimum absolute atomic E-state index is 0.0798. The number of thioether (sulfide) groups is 1. The van der Waals surface area contributed by atoms with Gasteiger partial charge in [0.15, 0.2) is 0 Å². The molecule has 32 heavy (non-hydrogen) atoms. The van der Waals surface area contributed by atoms with Gasteiger partial charge >= 0.3 is 0 Å². The predicted octanol–water partition coefficient (Wildman–Crippen LogP) is 4.40. The second-order valence-electron chi connectivity index (χ2n) is 6.89. The first-order valence-electron chi connectivity index (χ1n) is 9.79. The summed E-state index contributed by atoms with van der Waals surface area (Å²) in [6.07, 6.45) is 3.66. The Morgan fingerprint density at radius 3 is 2.66 bits per heavy atom. The number of carbonyl (C=O) groups excluding carboxylic acids is 1. The number of hydrazone groups is 1. The number of hydrogen-bond acceptors (Lipinski definition) is 9. The van der Waals surface area contributed by atoms with Gasteiger partial charge in [-0.2, -0.15) is 5.10 Å². The molecule has 0 radical (unpaired) electrons. The van der Waals surface area contributed by atoms with Crippen LogP contribution in [0, 0.1) is 0 Å². The molecule has 1 amide bonds. The van der Waals surface area contributed by atoms with Crippen LogP contribution < -0.4 is 4.74 Å². The van der Waals surface area contributed by atoms with Gasteiger partial charge in [0.2, 0.25) is 5.89 Å². The third kappa shape index (κ3) is 4.04. The molecule has 3 aromatic heterocycles. The number of aromatic nitrogens is 2. The summed E-state index contributed by atoms with van der Waals surface area (Å²) in [6, 6.07) is 14.2. The molecule has 5 rings (SSSR count). The summed E-state index contributed by atoms with van der Waals surface area (Å²) in [5.74, 6) is 2.27. The Morgan fingerprint density at radius 2 is 1.94 bits per heavy atom. The van der Waals surface area contributed by atoms with Crippen LogP contribution in [0.4, 0.5) is 0 Å². The van der Waals surface area contributed by atoms with Gasteiger partial charge < -0.3 is 18.0 Å². The van der Waals surface area contributed by atoms with E-state index in [1.54, 1.807) is 31.8 Å². The fourth-order valence-electron chi connectivity index (χ4n) is 3.34. The molecule has 0 spiro atoms. The minimum Gasteiger partial charge on any atom is -0.497 e. The lowest BCUT2D eigenvalue weighted by Crippen LogP contribution is -2.28. The Hall–Kier alpha value is -3.79. The second kappa shape index (κ2) is 8.75. The monoisotopic (exact) mass is 450 g/mol. The third-order valence-corrected chi connectivity index (χ3v) is 5.71. The fraction of sp³-hybridized carbons (Fsp3) is 0.182. The fourth-order valence-corrected chi connectivity index (χ4v) is 3.96. The lowest BCUT2D eigenvalue weighted by Gasteiger charge is -2.19. The quantitative estimate of drug-likeness (QED) is 0.381. The summed E-state index contributed by atoms with van der Waals surface area (Å²) in [6.45, 7) is 0. The Kier molecular flexibility index (Phi) is 5.51. The van der Waals surface area contributed by atoms with Gasteiger partial charge in [0, 0.05) is 12.0 Å². The molecule has 0 bridgehead atoms.